The highest BCUT2D eigenvalue weighted by Gasteiger charge is 2.32. The molecule has 0 amide bonds. The van der Waals surface area contributed by atoms with Gasteiger partial charge in [-0.2, -0.15) is 13.2 Å². The van der Waals surface area contributed by atoms with Crippen molar-refractivity contribution in [3.63, 3.8) is 0 Å². The second-order valence-electron chi connectivity index (χ2n) is 4.54. The quantitative estimate of drug-likeness (QED) is 0.815. The van der Waals surface area contributed by atoms with Gasteiger partial charge in [0.25, 0.3) is 5.43 Å². The van der Waals surface area contributed by atoms with E-state index in [1.807, 2.05) is 0 Å². The Morgan fingerprint density at radius 1 is 1.22 bits per heavy atom. The molecule has 0 bridgehead atoms. The standard InChI is InChI=1S/C12H8ClF3N2O4S/c1-23(21,22)9-4-6(12(14,15)16)2-3-8(9)18-11(20)10(19)7(13)5-17-18/h2-5,17H,1H3. The van der Waals surface area contributed by atoms with Crippen LogP contribution in [0.3, 0.4) is 0 Å². The van der Waals surface area contributed by atoms with Crippen LogP contribution in [0.25, 0.3) is 5.69 Å². The SMILES string of the molecule is CS(=O)(=O)c1cc(C(F)(F)F)ccc1-n1[nH]cc(Cl)c(=O)c1=O. The van der Waals surface area contributed by atoms with Gasteiger partial charge in [-0.25, -0.2) is 13.1 Å². The molecule has 1 N–H and O–H groups in total. The minimum atomic E-state index is -4.77. The molecule has 2 rings (SSSR count). The smallest absolute Gasteiger partial charge is 0.297 e. The topological polar surface area (TPSA) is 89.0 Å². The zero-order valence-electron chi connectivity index (χ0n) is 11.3. The van der Waals surface area contributed by atoms with Gasteiger partial charge >= 0.3 is 11.7 Å². The van der Waals surface area contributed by atoms with Gasteiger partial charge in [0.2, 0.25) is 0 Å². The number of hydrogen-bond acceptors (Lipinski definition) is 4. The van der Waals surface area contributed by atoms with E-state index in [2.05, 4.69) is 5.10 Å². The number of aromatic nitrogens is 2. The first-order chi connectivity index (χ1) is 10.4. The van der Waals surface area contributed by atoms with Crippen LogP contribution >= 0.6 is 11.6 Å². The molecule has 1 aromatic carbocycles. The Labute approximate surface area is 132 Å². The molecule has 124 valence electrons. The molecule has 0 fully saturated rings. The third kappa shape index (κ3) is 3.32. The number of rotatable bonds is 2. The van der Waals surface area contributed by atoms with Crippen molar-refractivity contribution in [1.29, 1.82) is 0 Å². The summed E-state index contributed by atoms with van der Waals surface area (Å²) in [7, 11) is -4.12. The molecule has 11 heteroatoms. The number of nitrogens with zero attached hydrogens (tertiary/aromatic N) is 1. The van der Waals surface area contributed by atoms with E-state index in [1.54, 1.807) is 0 Å². The first-order valence-corrected chi connectivity index (χ1v) is 8.12. The molecule has 0 spiro atoms. The zero-order chi connectivity index (χ0) is 17.6. The van der Waals surface area contributed by atoms with Gasteiger partial charge in [-0.05, 0) is 18.2 Å². The van der Waals surface area contributed by atoms with E-state index < -0.39 is 48.2 Å². The van der Waals surface area contributed by atoms with Crippen molar-refractivity contribution in [3.05, 3.63) is 55.6 Å². The molecule has 1 heterocycles. The van der Waals surface area contributed by atoms with Gasteiger partial charge in [-0.1, -0.05) is 11.6 Å². The molecule has 0 aliphatic carbocycles. The molecular formula is C12H8ClF3N2O4S. The lowest BCUT2D eigenvalue weighted by Crippen LogP contribution is -2.35. The van der Waals surface area contributed by atoms with Crippen molar-refractivity contribution in [2.75, 3.05) is 6.26 Å². The fraction of sp³-hybridized carbons (Fsp3) is 0.167. The van der Waals surface area contributed by atoms with Gasteiger partial charge in [0.15, 0.2) is 9.84 Å². The maximum absolute atomic E-state index is 12.7. The first-order valence-electron chi connectivity index (χ1n) is 5.85. The summed E-state index contributed by atoms with van der Waals surface area (Å²) < 4.78 is 62.3. The summed E-state index contributed by atoms with van der Waals surface area (Å²) in [6.45, 7) is 0. The summed E-state index contributed by atoms with van der Waals surface area (Å²) in [5.74, 6) is 0. The lowest BCUT2D eigenvalue weighted by molar-refractivity contribution is -0.137. The van der Waals surface area contributed by atoms with Crippen molar-refractivity contribution in [3.8, 4) is 5.69 Å². The maximum atomic E-state index is 12.7. The first kappa shape index (κ1) is 17.3. The minimum absolute atomic E-state index is 0.393. The summed E-state index contributed by atoms with van der Waals surface area (Å²) in [4.78, 5) is 22.6. The highest BCUT2D eigenvalue weighted by molar-refractivity contribution is 7.90. The lowest BCUT2D eigenvalue weighted by Gasteiger charge is -2.13. The van der Waals surface area contributed by atoms with E-state index in [-0.39, 0.29) is 0 Å². The summed E-state index contributed by atoms with van der Waals surface area (Å²) in [6, 6.07) is 1.78. The summed E-state index contributed by atoms with van der Waals surface area (Å²) >= 11 is 5.46. The van der Waals surface area contributed by atoms with Crippen molar-refractivity contribution in [2.24, 2.45) is 0 Å². The fourth-order valence-electron chi connectivity index (χ4n) is 1.80. The predicted octanol–water partition coefficient (Wildman–Crippen LogP) is 1.60. The zero-order valence-corrected chi connectivity index (χ0v) is 12.9. The van der Waals surface area contributed by atoms with Crippen LogP contribution in [-0.4, -0.2) is 24.5 Å². The molecule has 0 radical (unpaired) electrons. The molecule has 1 aromatic heterocycles. The van der Waals surface area contributed by atoms with Crippen LogP contribution in [0.2, 0.25) is 5.02 Å². The van der Waals surface area contributed by atoms with Crippen LogP contribution in [-0.2, 0) is 16.0 Å². The number of H-pyrrole nitrogens is 1. The Morgan fingerprint density at radius 3 is 2.35 bits per heavy atom. The van der Waals surface area contributed by atoms with Crippen LogP contribution in [0.1, 0.15) is 5.56 Å². The number of aromatic amines is 1. The van der Waals surface area contributed by atoms with Crippen molar-refractivity contribution in [2.45, 2.75) is 11.1 Å². The van der Waals surface area contributed by atoms with Gasteiger partial charge in [-0.15, -0.1) is 0 Å². The molecule has 6 nitrogen and oxygen atoms in total. The molecule has 0 saturated carbocycles. The van der Waals surface area contributed by atoms with E-state index in [9.17, 15) is 31.2 Å². The van der Waals surface area contributed by atoms with E-state index in [0.29, 0.717) is 23.1 Å². The third-order valence-corrected chi connectivity index (χ3v) is 4.27. The molecule has 2 aromatic rings. The summed E-state index contributed by atoms with van der Waals surface area (Å²) in [5.41, 5.74) is -3.96. The highest BCUT2D eigenvalue weighted by atomic mass is 35.5. The minimum Gasteiger partial charge on any atom is -0.297 e. The van der Waals surface area contributed by atoms with Gasteiger partial charge in [0, 0.05) is 12.5 Å². The van der Waals surface area contributed by atoms with Crippen LogP contribution in [0.4, 0.5) is 13.2 Å². The Morgan fingerprint density at radius 2 is 1.83 bits per heavy atom. The van der Waals surface area contributed by atoms with Crippen molar-refractivity contribution >= 4 is 21.4 Å². The Hall–Kier alpha value is -2.07. The van der Waals surface area contributed by atoms with Crippen LogP contribution in [0.15, 0.2) is 38.9 Å². The predicted molar refractivity (Wildman–Crippen MR) is 75.8 cm³/mol. The molecular weight excluding hydrogens is 361 g/mol. The number of hydrogen-bond donors (Lipinski definition) is 1. The van der Waals surface area contributed by atoms with Crippen LogP contribution in [0, 0.1) is 0 Å². The lowest BCUT2D eigenvalue weighted by atomic mass is 10.2. The highest BCUT2D eigenvalue weighted by Crippen LogP contribution is 2.32. The van der Waals surface area contributed by atoms with E-state index in [0.717, 1.165) is 12.3 Å². The van der Waals surface area contributed by atoms with Gasteiger partial charge in [0.05, 0.1) is 16.1 Å². The van der Waals surface area contributed by atoms with Crippen molar-refractivity contribution < 1.29 is 21.6 Å². The number of alkyl halides is 3. The average molecular weight is 369 g/mol. The summed E-state index contributed by atoms with van der Waals surface area (Å²) in [5, 5.41) is 1.83. The Kier molecular flexibility index (Phi) is 4.16. The van der Waals surface area contributed by atoms with Gasteiger partial charge < -0.3 is 0 Å². The normalized spacial score (nSPS) is 12.4. The third-order valence-electron chi connectivity index (χ3n) is 2.86. The van der Waals surface area contributed by atoms with Gasteiger partial charge in [0.1, 0.15) is 5.02 Å². The molecule has 23 heavy (non-hydrogen) atoms. The second kappa shape index (κ2) is 5.53. The number of halogens is 4. The second-order valence-corrected chi connectivity index (χ2v) is 6.93. The largest absolute Gasteiger partial charge is 0.416 e. The number of benzene rings is 1. The molecule has 0 aliphatic heterocycles. The fourth-order valence-corrected chi connectivity index (χ4v) is 2.81. The Balaban J connectivity index is 2.87. The monoisotopic (exact) mass is 368 g/mol. The van der Waals surface area contributed by atoms with Crippen LogP contribution in [0.5, 0.6) is 0 Å². The van der Waals surface area contributed by atoms with Crippen molar-refractivity contribution in [1.82, 2.24) is 9.78 Å². The molecule has 0 unspecified atom stereocenters. The summed E-state index contributed by atoms with van der Waals surface area (Å²) in [6.07, 6.45) is -3.16. The van der Waals surface area contributed by atoms with Gasteiger partial charge in [-0.3, -0.25) is 14.7 Å². The van der Waals surface area contributed by atoms with E-state index in [4.69, 9.17) is 11.6 Å². The number of nitrogens with one attached hydrogen (secondary N) is 1. The maximum Gasteiger partial charge on any atom is 0.416 e. The average Bonchev–Trinajstić information content (AvgIpc) is 2.42. The van der Waals surface area contributed by atoms with Crippen LogP contribution < -0.4 is 11.0 Å². The number of sulfone groups is 1. The molecule has 0 atom stereocenters. The van der Waals surface area contributed by atoms with E-state index in [1.165, 1.54) is 0 Å². The van der Waals surface area contributed by atoms with E-state index >= 15 is 0 Å². The Bertz CT molecular complexity index is 993. The molecule has 0 saturated heterocycles. The molecule has 0 aliphatic rings.